The Morgan fingerprint density at radius 3 is 2.68 bits per heavy atom. The third-order valence-corrected chi connectivity index (χ3v) is 4.78. The first-order chi connectivity index (χ1) is 13.5. The smallest absolute Gasteiger partial charge is 0.287 e. The number of nitrogens with zero attached hydrogens (tertiary/aromatic N) is 2. The summed E-state index contributed by atoms with van der Waals surface area (Å²) in [6.45, 7) is 0. The topological polar surface area (TPSA) is 69.3 Å². The largest absolute Gasteiger partial charge is 0.497 e. The van der Waals surface area contributed by atoms with Gasteiger partial charge in [-0.15, -0.1) is 0 Å². The molecule has 142 valence electrons. The predicted octanol–water partition coefficient (Wildman–Crippen LogP) is 4.35. The van der Waals surface area contributed by atoms with Crippen molar-refractivity contribution in [3.63, 3.8) is 0 Å². The van der Waals surface area contributed by atoms with E-state index in [4.69, 9.17) is 20.8 Å². The molecule has 2 aromatic heterocycles. The van der Waals surface area contributed by atoms with Crippen molar-refractivity contribution in [2.45, 2.75) is 6.04 Å². The van der Waals surface area contributed by atoms with E-state index in [0.29, 0.717) is 16.4 Å². The Kier molecular flexibility index (Phi) is 4.79. The van der Waals surface area contributed by atoms with Gasteiger partial charge in [0.1, 0.15) is 23.2 Å². The number of carbonyl (C=O) groups is 1. The quantitative estimate of drug-likeness (QED) is 0.545. The lowest BCUT2D eigenvalue weighted by atomic mass is 10.1. The third-order valence-electron chi connectivity index (χ3n) is 4.54. The first-order valence-electron chi connectivity index (χ1n) is 8.66. The van der Waals surface area contributed by atoms with Gasteiger partial charge < -0.3 is 19.0 Å². The van der Waals surface area contributed by atoms with Crippen LogP contribution in [0.2, 0.25) is 5.02 Å². The van der Waals surface area contributed by atoms with Crippen LogP contribution in [-0.4, -0.2) is 22.6 Å². The van der Waals surface area contributed by atoms with E-state index in [1.165, 1.54) is 0 Å². The van der Waals surface area contributed by atoms with Gasteiger partial charge in [-0.25, -0.2) is 4.98 Å². The van der Waals surface area contributed by atoms with Crippen molar-refractivity contribution in [2.75, 3.05) is 7.11 Å². The number of halogens is 1. The van der Waals surface area contributed by atoms with E-state index in [0.717, 1.165) is 16.7 Å². The summed E-state index contributed by atoms with van der Waals surface area (Å²) in [6, 6.07) is 14.0. The number of methoxy groups -OCH3 is 1. The fourth-order valence-electron chi connectivity index (χ4n) is 3.08. The first-order valence-corrected chi connectivity index (χ1v) is 9.04. The molecule has 28 heavy (non-hydrogen) atoms. The summed E-state index contributed by atoms with van der Waals surface area (Å²) in [7, 11) is 3.50. The minimum absolute atomic E-state index is 0.213. The van der Waals surface area contributed by atoms with Crippen molar-refractivity contribution >= 4 is 28.5 Å². The fraction of sp³-hybridized carbons (Fsp3) is 0.143. The minimum Gasteiger partial charge on any atom is -0.497 e. The molecular formula is C21H18ClN3O3. The molecule has 4 rings (SSSR count). The molecule has 1 amide bonds. The summed E-state index contributed by atoms with van der Waals surface area (Å²) < 4.78 is 12.8. The molecule has 0 unspecified atom stereocenters. The second kappa shape index (κ2) is 7.40. The molecule has 0 saturated heterocycles. The Morgan fingerprint density at radius 2 is 2.00 bits per heavy atom. The highest BCUT2D eigenvalue weighted by Crippen LogP contribution is 2.26. The van der Waals surface area contributed by atoms with Gasteiger partial charge in [-0.2, -0.15) is 0 Å². The maximum Gasteiger partial charge on any atom is 0.287 e. The van der Waals surface area contributed by atoms with Crippen LogP contribution in [0, 0.1) is 0 Å². The maximum atomic E-state index is 12.9. The number of nitrogens with one attached hydrogen (secondary N) is 1. The number of hydrogen-bond acceptors (Lipinski definition) is 4. The van der Waals surface area contributed by atoms with Crippen molar-refractivity contribution in [1.29, 1.82) is 0 Å². The zero-order valence-corrected chi connectivity index (χ0v) is 16.1. The minimum atomic E-state index is -0.449. The van der Waals surface area contributed by atoms with Crippen LogP contribution >= 0.6 is 11.6 Å². The summed E-state index contributed by atoms with van der Waals surface area (Å²) in [5.41, 5.74) is 1.48. The van der Waals surface area contributed by atoms with E-state index in [1.807, 2.05) is 42.1 Å². The van der Waals surface area contributed by atoms with Gasteiger partial charge in [-0.05, 0) is 42.0 Å². The number of benzene rings is 2. The molecule has 0 saturated carbocycles. The lowest BCUT2D eigenvalue weighted by Crippen LogP contribution is -2.30. The van der Waals surface area contributed by atoms with E-state index in [2.05, 4.69) is 10.3 Å². The zero-order chi connectivity index (χ0) is 19.7. The molecule has 6 nitrogen and oxygen atoms in total. The molecule has 2 heterocycles. The number of imidazole rings is 1. The molecule has 2 aromatic carbocycles. The van der Waals surface area contributed by atoms with Crippen LogP contribution in [0.5, 0.6) is 5.75 Å². The Labute approximate surface area is 166 Å². The van der Waals surface area contributed by atoms with Crippen LogP contribution < -0.4 is 10.1 Å². The molecule has 0 fully saturated rings. The molecule has 0 aliphatic heterocycles. The molecule has 7 heteroatoms. The summed E-state index contributed by atoms with van der Waals surface area (Å²) in [5, 5.41) is 4.38. The molecule has 1 N–H and O–H groups in total. The average Bonchev–Trinajstić information content (AvgIpc) is 3.32. The number of hydrogen-bond donors (Lipinski definition) is 1. The summed E-state index contributed by atoms with van der Waals surface area (Å²) in [4.78, 5) is 17.3. The Morgan fingerprint density at radius 1 is 1.21 bits per heavy atom. The number of aryl methyl sites for hydroxylation is 1. The van der Waals surface area contributed by atoms with Crippen LogP contribution in [0.3, 0.4) is 0 Å². The number of aromatic nitrogens is 2. The molecule has 0 aliphatic carbocycles. The molecule has 0 bridgehead atoms. The lowest BCUT2D eigenvalue weighted by Gasteiger charge is -2.19. The van der Waals surface area contributed by atoms with Gasteiger partial charge in [0.05, 0.1) is 7.11 Å². The van der Waals surface area contributed by atoms with E-state index in [1.54, 1.807) is 37.6 Å². The summed E-state index contributed by atoms with van der Waals surface area (Å²) in [5.74, 6) is 1.32. The average molecular weight is 396 g/mol. The van der Waals surface area contributed by atoms with Gasteiger partial charge in [0, 0.05) is 29.9 Å². The second-order valence-electron chi connectivity index (χ2n) is 6.37. The van der Waals surface area contributed by atoms with Crippen LogP contribution in [0.15, 0.2) is 65.3 Å². The third kappa shape index (κ3) is 3.46. The molecular weight excluding hydrogens is 378 g/mol. The number of carbonyl (C=O) groups excluding carboxylic acids is 1. The van der Waals surface area contributed by atoms with Gasteiger partial charge in [0.25, 0.3) is 5.91 Å². The Hall–Kier alpha value is -3.25. The Balaban J connectivity index is 1.67. The van der Waals surface area contributed by atoms with Crippen molar-refractivity contribution in [2.24, 2.45) is 7.05 Å². The highest BCUT2D eigenvalue weighted by atomic mass is 35.5. The summed E-state index contributed by atoms with van der Waals surface area (Å²) >= 11 is 6.02. The number of amides is 1. The van der Waals surface area contributed by atoms with Crippen LogP contribution in [0.25, 0.3) is 11.0 Å². The normalized spacial score (nSPS) is 12.1. The highest BCUT2D eigenvalue weighted by Gasteiger charge is 2.23. The fourth-order valence-corrected chi connectivity index (χ4v) is 3.26. The predicted molar refractivity (Wildman–Crippen MR) is 107 cm³/mol. The van der Waals surface area contributed by atoms with Crippen LogP contribution in [-0.2, 0) is 7.05 Å². The van der Waals surface area contributed by atoms with Crippen molar-refractivity contribution < 1.29 is 13.9 Å². The number of ether oxygens (including phenoxy) is 1. The monoisotopic (exact) mass is 395 g/mol. The maximum absolute atomic E-state index is 12.9. The zero-order valence-electron chi connectivity index (χ0n) is 15.3. The first kappa shape index (κ1) is 18.1. The van der Waals surface area contributed by atoms with E-state index in [-0.39, 0.29) is 11.7 Å². The van der Waals surface area contributed by atoms with Gasteiger partial charge in [-0.1, -0.05) is 23.7 Å². The van der Waals surface area contributed by atoms with Gasteiger partial charge in [0.2, 0.25) is 0 Å². The van der Waals surface area contributed by atoms with E-state index in [9.17, 15) is 4.79 Å². The molecule has 0 spiro atoms. The number of furan rings is 1. The summed E-state index contributed by atoms with van der Waals surface area (Å²) in [6.07, 6.45) is 3.53. The van der Waals surface area contributed by atoms with Crippen molar-refractivity contribution in [1.82, 2.24) is 14.9 Å². The van der Waals surface area contributed by atoms with E-state index >= 15 is 0 Å². The standard InChI is InChI=1S/C21H18ClN3O3/c1-25-10-9-23-20(25)19(13-3-6-16(27-2)7-4-13)24-21(26)18-12-14-11-15(22)5-8-17(14)28-18/h3-12,19H,1-2H3,(H,24,26)/t19-/m0/s1. The molecule has 1 atom stereocenters. The van der Waals surface area contributed by atoms with Gasteiger partial charge in [-0.3, -0.25) is 4.79 Å². The van der Waals surface area contributed by atoms with Crippen molar-refractivity contribution in [3.05, 3.63) is 83.1 Å². The van der Waals surface area contributed by atoms with Gasteiger partial charge >= 0.3 is 0 Å². The number of rotatable bonds is 5. The SMILES string of the molecule is COc1ccc([C@H](NC(=O)c2cc3cc(Cl)ccc3o2)c2nccn2C)cc1. The van der Waals surface area contributed by atoms with Crippen LogP contribution in [0.1, 0.15) is 28.0 Å². The molecule has 0 radical (unpaired) electrons. The molecule has 0 aliphatic rings. The highest BCUT2D eigenvalue weighted by molar-refractivity contribution is 6.31. The molecule has 4 aromatic rings. The van der Waals surface area contributed by atoms with E-state index < -0.39 is 6.04 Å². The lowest BCUT2D eigenvalue weighted by molar-refractivity contribution is 0.0915. The van der Waals surface area contributed by atoms with Crippen LogP contribution in [0.4, 0.5) is 0 Å². The second-order valence-corrected chi connectivity index (χ2v) is 6.81. The number of fused-ring (bicyclic) bond motifs is 1. The van der Waals surface area contributed by atoms with Crippen molar-refractivity contribution in [3.8, 4) is 5.75 Å². The van der Waals surface area contributed by atoms with Gasteiger partial charge in [0.15, 0.2) is 5.76 Å². The Bertz CT molecular complexity index is 1130.